The van der Waals surface area contributed by atoms with Crippen LogP contribution >= 0.6 is 15.9 Å². The van der Waals surface area contributed by atoms with Crippen molar-refractivity contribution in [3.63, 3.8) is 0 Å². The van der Waals surface area contributed by atoms with Crippen molar-refractivity contribution in [2.45, 2.75) is 24.6 Å². The van der Waals surface area contributed by atoms with Crippen molar-refractivity contribution in [1.82, 2.24) is 4.98 Å². The molecule has 2 rings (SSSR count). The lowest BCUT2D eigenvalue weighted by molar-refractivity contribution is 0.595. The van der Waals surface area contributed by atoms with E-state index in [1.165, 1.54) is 25.1 Å². The summed E-state index contributed by atoms with van der Waals surface area (Å²) in [4.78, 5) is 7.29. The Kier molecular flexibility index (Phi) is 3.06. The van der Waals surface area contributed by atoms with Gasteiger partial charge in [-0.1, -0.05) is 15.9 Å². The van der Waals surface area contributed by atoms with E-state index in [0.717, 1.165) is 12.2 Å². The van der Waals surface area contributed by atoms with Crippen molar-refractivity contribution < 1.29 is 0 Å². The molecule has 0 amide bonds. The molecule has 1 aromatic heterocycles. The Morgan fingerprint density at radius 2 is 2.43 bits per heavy atom. The minimum absolute atomic E-state index is 0.643. The highest BCUT2D eigenvalue weighted by atomic mass is 79.9. The lowest BCUT2D eigenvalue weighted by Crippen LogP contribution is -2.35. The molecule has 0 N–H and O–H groups in total. The molecule has 0 spiro atoms. The first kappa shape index (κ1) is 9.97. The number of nitrogens with zero attached hydrogens (tertiary/aromatic N) is 2. The van der Waals surface area contributed by atoms with Crippen molar-refractivity contribution in [3.05, 3.63) is 24.0 Å². The van der Waals surface area contributed by atoms with E-state index in [1.807, 2.05) is 13.1 Å². The average molecular weight is 255 g/mol. The fourth-order valence-corrected chi connectivity index (χ4v) is 2.56. The summed E-state index contributed by atoms with van der Waals surface area (Å²) in [6, 6.07) is 4.25. The van der Waals surface area contributed by atoms with Gasteiger partial charge in [-0.2, -0.15) is 0 Å². The Bertz CT molecular complexity index is 314. The molecule has 1 saturated heterocycles. The number of hydrogen-bond donors (Lipinski definition) is 0. The molecule has 0 aliphatic carbocycles. The molecule has 1 aliphatic rings. The molecular formula is C11H15BrN2. The first-order chi connectivity index (χ1) is 6.75. The molecular weight excluding hydrogens is 240 g/mol. The second-order valence-corrected chi connectivity index (χ2v) is 5.14. The Hall–Kier alpha value is -0.570. The van der Waals surface area contributed by atoms with Crippen LogP contribution in [0.3, 0.4) is 0 Å². The molecule has 2 nitrogen and oxygen atoms in total. The van der Waals surface area contributed by atoms with Crippen LogP contribution in [0.4, 0.5) is 5.69 Å². The first-order valence-corrected chi connectivity index (χ1v) is 5.99. The molecule has 1 aromatic rings. The molecule has 14 heavy (non-hydrogen) atoms. The van der Waals surface area contributed by atoms with Crippen LogP contribution in [0.1, 0.15) is 18.5 Å². The molecule has 2 heterocycles. The van der Waals surface area contributed by atoms with E-state index in [1.54, 1.807) is 0 Å². The van der Waals surface area contributed by atoms with Gasteiger partial charge in [-0.05, 0) is 31.9 Å². The van der Waals surface area contributed by atoms with E-state index in [0.29, 0.717) is 4.83 Å². The van der Waals surface area contributed by atoms with Gasteiger partial charge in [0.05, 0.1) is 0 Å². The number of pyridine rings is 1. The van der Waals surface area contributed by atoms with E-state index in [2.05, 4.69) is 37.9 Å². The first-order valence-electron chi connectivity index (χ1n) is 5.07. The van der Waals surface area contributed by atoms with Crippen molar-refractivity contribution >= 4 is 21.6 Å². The second-order valence-electron chi connectivity index (χ2n) is 3.84. The van der Waals surface area contributed by atoms with Crippen molar-refractivity contribution in [2.24, 2.45) is 0 Å². The summed E-state index contributed by atoms with van der Waals surface area (Å²) >= 11 is 3.69. The highest BCUT2D eigenvalue weighted by Crippen LogP contribution is 2.23. The molecule has 0 bridgehead atoms. The monoisotopic (exact) mass is 254 g/mol. The van der Waals surface area contributed by atoms with Crippen LogP contribution < -0.4 is 4.90 Å². The van der Waals surface area contributed by atoms with Gasteiger partial charge in [0, 0.05) is 35.5 Å². The molecule has 0 saturated carbocycles. The van der Waals surface area contributed by atoms with Crippen LogP contribution in [0.25, 0.3) is 0 Å². The lowest BCUT2D eigenvalue weighted by Gasteiger charge is -2.31. The van der Waals surface area contributed by atoms with Crippen molar-refractivity contribution in [1.29, 1.82) is 0 Å². The highest BCUT2D eigenvalue weighted by molar-refractivity contribution is 9.09. The third kappa shape index (κ3) is 2.27. The number of anilines is 1. The summed E-state index contributed by atoms with van der Waals surface area (Å²) in [7, 11) is 0. The second kappa shape index (κ2) is 4.30. The number of halogens is 1. The Morgan fingerprint density at radius 1 is 1.57 bits per heavy atom. The smallest absolute Gasteiger partial charge is 0.0400 e. The van der Waals surface area contributed by atoms with E-state index in [9.17, 15) is 0 Å². The quantitative estimate of drug-likeness (QED) is 0.717. The minimum atomic E-state index is 0.643. The number of rotatable bonds is 1. The summed E-state index contributed by atoms with van der Waals surface area (Å²) in [5.41, 5.74) is 2.40. The molecule has 3 heteroatoms. The van der Waals surface area contributed by atoms with Crippen molar-refractivity contribution in [3.8, 4) is 0 Å². The minimum Gasteiger partial charge on any atom is -0.370 e. The lowest BCUT2D eigenvalue weighted by atomic mass is 10.1. The predicted octanol–water partition coefficient (Wildman–Crippen LogP) is 2.75. The third-order valence-electron chi connectivity index (χ3n) is 2.61. The zero-order valence-corrected chi connectivity index (χ0v) is 10.00. The van der Waals surface area contributed by atoms with Crippen LogP contribution in [0.2, 0.25) is 0 Å². The average Bonchev–Trinajstić information content (AvgIpc) is 2.18. The maximum Gasteiger partial charge on any atom is 0.0400 e. The van der Waals surface area contributed by atoms with Gasteiger partial charge in [-0.3, -0.25) is 4.98 Å². The largest absolute Gasteiger partial charge is 0.370 e. The maximum atomic E-state index is 4.22. The van der Waals surface area contributed by atoms with E-state index in [-0.39, 0.29) is 0 Å². The van der Waals surface area contributed by atoms with Gasteiger partial charge in [-0.25, -0.2) is 0 Å². The number of aromatic nitrogens is 1. The van der Waals surface area contributed by atoms with Gasteiger partial charge in [0.1, 0.15) is 0 Å². The van der Waals surface area contributed by atoms with Crippen molar-refractivity contribution in [2.75, 3.05) is 18.0 Å². The summed E-state index contributed by atoms with van der Waals surface area (Å²) in [6.45, 7) is 4.33. The molecule has 0 radical (unpaired) electrons. The molecule has 1 atom stereocenters. The normalized spacial score (nSPS) is 22.4. The highest BCUT2D eigenvalue weighted by Gasteiger charge is 2.17. The number of alkyl halides is 1. The van der Waals surface area contributed by atoms with Crippen LogP contribution in [-0.4, -0.2) is 22.9 Å². The summed E-state index contributed by atoms with van der Waals surface area (Å²) in [5, 5.41) is 0. The standard InChI is InChI=1S/C11H15BrN2/c1-9-7-11(4-5-13-9)14-6-2-3-10(12)8-14/h4-5,7,10H,2-3,6,8H2,1H3. The zero-order chi connectivity index (χ0) is 9.97. The van der Waals surface area contributed by atoms with Gasteiger partial charge < -0.3 is 4.90 Å². The molecule has 1 fully saturated rings. The summed E-state index contributed by atoms with van der Waals surface area (Å²) in [5.74, 6) is 0. The fourth-order valence-electron chi connectivity index (χ4n) is 1.89. The Balaban J connectivity index is 2.14. The summed E-state index contributed by atoms with van der Waals surface area (Å²) in [6.07, 6.45) is 4.46. The van der Waals surface area contributed by atoms with Crippen LogP contribution in [-0.2, 0) is 0 Å². The third-order valence-corrected chi connectivity index (χ3v) is 3.36. The predicted molar refractivity (Wildman–Crippen MR) is 63.1 cm³/mol. The van der Waals surface area contributed by atoms with Crippen LogP contribution in [0.15, 0.2) is 18.3 Å². The zero-order valence-electron chi connectivity index (χ0n) is 8.41. The number of hydrogen-bond acceptors (Lipinski definition) is 2. The molecule has 0 aromatic carbocycles. The van der Waals surface area contributed by atoms with E-state index in [4.69, 9.17) is 0 Å². The molecule has 76 valence electrons. The topological polar surface area (TPSA) is 16.1 Å². The van der Waals surface area contributed by atoms with Crippen LogP contribution in [0, 0.1) is 6.92 Å². The number of aryl methyl sites for hydroxylation is 1. The number of piperidine rings is 1. The molecule has 1 unspecified atom stereocenters. The van der Waals surface area contributed by atoms with Gasteiger partial charge in [0.15, 0.2) is 0 Å². The Morgan fingerprint density at radius 3 is 3.14 bits per heavy atom. The SMILES string of the molecule is Cc1cc(N2CCCC(Br)C2)ccn1. The van der Waals surface area contributed by atoms with E-state index < -0.39 is 0 Å². The maximum absolute atomic E-state index is 4.22. The van der Waals surface area contributed by atoms with Gasteiger partial charge in [0.2, 0.25) is 0 Å². The fraction of sp³-hybridized carbons (Fsp3) is 0.545. The summed E-state index contributed by atoms with van der Waals surface area (Å²) < 4.78 is 0. The van der Waals surface area contributed by atoms with Gasteiger partial charge >= 0.3 is 0 Å². The van der Waals surface area contributed by atoms with E-state index >= 15 is 0 Å². The van der Waals surface area contributed by atoms with Gasteiger partial charge in [-0.15, -0.1) is 0 Å². The Labute approximate surface area is 93.5 Å². The van der Waals surface area contributed by atoms with Crippen LogP contribution in [0.5, 0.6) is 0 Å². The van der Waals surface area contributed by atoms with Gasteiger partial charge in [0.25, 0.3) is 0 Å². The molecule has 1 aliphatic heterocycles.